The Morgan fingerprint density at radius 2 is 1.67 bits per heavy atom. The molecule has 0 saturated heterocycles. The third kappa shape index (κ3) is 2.58. The molecular weight excluding hydrogens is 290 g/mol. The van der Waals surface area contributed by atoms with E-state index < -0.39 is 10.9 Å². The second kappa shape index (κ2) is 5.43. The van der Waals surface area contributed by atoms with E-state index in [4.69, 9.17) is 0 Å². The smallest absolute Gasteiger partial charge is 0.330 e. The molecule has 2 aromatic carbocycles. The lowest BCUT2D eigenvalue weighted by molar-refractivity contribution is -0.136. The van der Waals surface area contributed by atoms with Crippen LogP contribution in [0.15, 0.2) is 59.5 Å². The fraction of sp³-hybridized carbons (Fsp3) is 0.294. The van der Waals surface area contributed by atoms with Crippen molar-refractivity contribution in [1.29, 1.82) is 0 Å². The highest BCUT2D eigenvalue weighted by Crippen LogP contribution is 2.53. The van der Waals surface area contributed by atoms with Crippen LogP contribution >= 0.6 is 11.8 Å². The molecule has 2 aromatic rings. The van der Waals surface area contributed by atoms with Crippen LogP contribution in [0, 0.1) is 0 Å². The summed E-state index contributed by atoms with van der Waals surface area (Å²) < 4.78 is 29.5. The zero-order valence-corrected chi connectivity index (χ0v) is 12.2. The third-order valence-electron chi connectivity index (χ3n) is 3.92. The third-order valence-corrected chi connectivity index (χ3v) is 5.02. The fourth-order valence-corrected chi connectivity index (χ4v) is 3.80. The van der Waals surface area contributed by atoms with E-state index in [1.54, 1.807) is 42.5 Å². The number of halogens is 2. The van der Waals surface area contributed by atoms with Crippen LogP contribution in [0.2, 0.25) is 0 Å². The van der Waals surface area contributed by atoms with Crippen molar-refractivity contribution in [2.75, 3.05) is 0 Å². The largest absolute Gasteiger partial charge is 0.378 e. The van der Waals surface area contributed by atoms with Crippen LogP contribution in [0.5, 0.6) is 0 Å². The molecule has 0 spiro atoms. The summed E-state index contributed by atoms with van der Waals surface area (Å²) in [6, 6.07) is 15.5. The van der Waals surface area contributed by atoms with Crippen molar-refractivity contribution in [2.24, 2.45) is 0 Å². The summed E-state index contributed by atoms with van der Waals surface area (Å²) in [5, 5.41) is 7.47. The van der Waals surface area contributed by atoms with Crippen molar-refractivity contribution in [3.05, 3.63) is 65.7 Å². The molecule has 0 heterocycles. The first kappa shape index (κ1) is 14.5. The number of alkyl halides is 2. The van der Waals surface area contributed by atoms with Gasteiger partial charge in [0.2, 0.25) is 0 Å². The predicted octanol–water partition coefficient (Wildman–Crippen LogP) is 4.60. The first-order valence-electron chi connectivity index (χ1n) is 6.95. The van der Waals surface area contributed by atoms with Gasteiger partial charge in [-0.15, -0.1) is 0 Å². The molecule has 1 aliphatic carbocycles. The van der Waals surface area contributed by atoms with Gasteiger partial charge >= 0.3 is 5.25 Å². The number of benzene rings is 2. The molecule has 0 amide bonds. The van der Waals surface area contributed by atoms with Crippen LogP contribution in [-0.2, 0) is 12.0 Å². The van der Waals surface area contributed by atoms with Gasteiger partial charge in [0.15, 0.2) is 5.60 Å². The van der Waals surface area contributed by atoms with Gasteiger partial charge in [0.1, 0.15) is 0 Å². The molecular formula is C17H16F2OS. The fourth-order valence-electron chi connectivity index (χ4n) is 2.83. The minimum absolute atomic E-state index is 0.0802. The number of hydrogen-bond donors (Lipinski definition) is 1. The summed E-state index contributed by atoms with van der Waals surface area (Å²) in [5.74, 6) is 0. The maximum absolute atomic E-state index is 14.8. The standard InChI is InChI=1S/C17H16F2OS/c18-17(19,21-14-9-2-1-3-10-14)16(20)12-6-8-13-7-4-5-11-15(13)16/h1-5,7,9-11,20H,6,8,12H2. The molecule has 1 nitrogen and oxygen atoms in total. The summed E-state index contributed by atoms with van der Waals surface area (Å²) in [6.45, 7) is 0. The Morgan fingerprint density at radius 1 is 1.00 bits per heavy atom. The van der Waals surface area contributed by atoms with Crippen molar-refractivity contribution in [3.8, 4) is 0 Å². The first-order valence-corrected chi connectivity index (χ1v) is 7.77. The molecule has 3 rings (SSSR count). The van der Waals surface area contributed by atoms with E-state index >= 15 is 0 Å². The minimum atomic E-state index is -3.27. The highest BCUT2D eigenvalue weighted by molar-refractivity contribution is 8.00. The molecule has 0 aromatic heterocycles. The molecule has 0 fully saturated rings. The van der Waals surface area contributed by atoms with E-state index in [1.165, 1.54) is 0 Å². The normalized spacial score (nSPS) is 21.9. The Labute approximate surface area is 127 Å². The lowest BCUT2D eigenvalue weighted by atomic mass is 9.79. The minimum Gasteiger partial charge on any atom is -0.378 e. The van der Waals surface area contributed by atoms with Gasteiger partial charge in [-0.05, 0) is 54.3 Å². The Balaban J connectivity index is 1.98. The van der Waals surface area contributed by atoms with Gasteiger partial charge in [0, 0.05) is 4.90 Å². The number of fused-ring (bicyclic) bond motifs is 1. The van der Waals surface area contributed by atoms with Crippen LogP contribution in [0.1, 0.15) is 24.0 Å². The van der Waals surface area contributed by atoms with Crippen molar-refractivity contribution >= 4 is 11.8 Å². The molecule has 21 heavy (non-hydrogen) atoms. The average Bonchev–Trinajstić information content (AvgIpc) is 2.48. The summed E-state index contributed by atoms with van der Waals surface area (Å²) in [4.78, 5) is 0.457. The van der Waals surface area contributed by atoms with Crippen LogP contribution in [0.4, 0.5) is 8.78 Å². The van der Waals surface area contributed by atoms with E-state index in [2.05, 4.69) is 0 Å². The Hall–Kier alpha value is -1.39. The van der Waals surface area contributed by atoms with E-state index in [0.29, 0.717) is 28.6 Å². The van der Waals surface area contributed by atoms with E-state index in [-0.39, 0.29) is 6.42 Å². The Kier molecular flexibility index (Phi) is 3.76. The maximum atomic E-state index is 14.8. The van der Waals surface area contributed by atoms with Gasteiger partial charge in [0.25, 0.3) is 0 Å². The van der Waals surface area contributed by atoms with Gasteiger partial charge in [-0.2, -0.15) is 8.78 Å². The number of hydrogen-bond acceptors (Lipinski definition) is 2. The Morgan fingerprint density at radius 3 is 2.43 bits per heavy atom. The van der Waals surface area contributed by atoms with E-state index in [0.717, 1.165) is 12.0 Å². The second-order valence-corrected chi connectivity index (χ2v) is 6.49. The van der Waals surface area contributed by atoms with E-state index in [1.807, 2.05) is 12.1 Å². The van der Waals surface area contributed by atoms with Crippen molar-refractivity contribution in [2.45, 2.75) is 35.0 Å². The van der Waals surface area contributed by atoms with Crippen molar-refractivity contribution in [1.82, 2.24) is 0 Å². The van der Waals surface area contributed by atoms with Gasteiger partial charge in [-0.3, -0.25) is 0 Å². The number of aliphatic hydroxyl groups is 1. The van der Waals surface area contributed by atoms with Crippen LogP contribution in [0.25, 0.3) is 0 Å². The van der Waals surface area contributed by atoms with Gasteiger partial charge in [-0.25, -0.2) is 0 Å². The number of aryl methyl sites for hydroxylation is 1. The van der Waals surface area contributed by atoms with Crippen LogP contribution in [-0.4, -0.2) is 10.4 Å². The van der Waals surface area contributed by atoms with E-state index in [9.17, 15) is 13.9 Å². The second-order valence-electron chi connectivity index (χ2n) is 5.30. The monoisotopic (exact) mass is 306 g/mol. The number of thioether (sulfide) groups is 1. The highest BCUT2D eigenvalue weighted by atomic mass is 32.2. The summed E-state index contributed by atoms with van der Waals surface area (Å²) >= 11 is 0.432. The lowest BCUT2D eigenvalue weighted by Gasteiger charge is -2.39. The zero-order chi connectivity index (χ0) is 14.9. The first-order chi connectivity index (χ1) is 10.0. The molecule has 1 N–H and O–H groups in total. The quantitative estimate of drug-likeness (QED) is 0.837. The highest BCUT2D eigenvalue weighted by Gasteiger charge is 2.56. The molecule has 0 aliphatic heterocycles. The molecule has 110 valence electrons. The topological polar surface area (TPSA) is 20.2 Å². The molecule has 1 unspecified atom stereocenters. The molecule has 0 radical (unpaired) electrons. The average molecular weight is 306 g/mol. The van der Waals surface area contributed by atoms with Gasteiger partial charge < -0.3 is 5.11 Å². The lowest BCUT2D eigenvalue weighted by Crippen LogP contribution is -2.45. The SMILES string of the molecule is OC1(C(F)(F)Sc2ccccc2)CCCc2ccccc21. The van der Waals surface area contributed by atoms with Crippen molar-refractivity contribution < 1.29 is 13.9 Å². The van der Waals surface area contributed by atoms with Gasteiger partial charge in [-0.1, -0.05) is 42.5 Å². The summed E-state index contributed by atoms with van der Waals surface area (Å²) in [6.07, 6.45) is 1.39. The molecule has 4 heteroatoms. The van der Waals surface area contributed by atoms with Crippen LogP contribution < -0.4 is 0 Å². The molecule has 1 aliphatic rings. The maximum Gasteiger partial charge on any atom is 0.330 e. The number of rotatable bonds is 3. The van der Waals surface area contributed by atoms with Gasteiger partial charge in [0.05, 0.1) is 0 Å². The molecule has 0 bridgehead atoms. The Bertz CT molecular complexity index is 630. The zero-order valence-electron chi connectivity index (χ0n) is 11.4. The molecule has 0 saturated carbocycles. The summed E-state index contributed by atoms with van der Waals surface area (Å²) in [7, 11) is 0. The van der Waals surface area contributed by atoms with Crippen LogP contribution in [0.3, 0.4) is 0 Å². The summed E-state index contributed by atoms with van der Waals surface area (Å²) in [5.41, 5.74) is -0.924. The van der Waals surface area contributed by atoms with Crippen molar-refractivity contribution in [3.63, 3.8) is 0 Å². The predicted molar refractivity (Wildman–Crippen MR) is 80.5 cm³/mol. The molecule has 1 atom stereocenters.